The Kier molecular flexibility index (Phi) is 9.43. The SMILES string of the molecule is O=C(Oc1ccc(C(=O)NS(=O)(=O)c2ccc(CCNC(=O)c3ccc(F)cc3)cc2)cn1)OC1CCCCC1. The van der Waals surface area contributed by atoms with Crippen LogP contribution < -0.4 is 14.8 Å². The predicted octanol–water partition coefficient (Wildman–Crippen LogP) is 4.16. The van der Waals surface area contributed by atoms with E-state index in [-0.39, 0.29) is 34.9 Å². The molecule has 1 aromatic heterocycles. The van der Waals surface area contributed by atoms with Crippen LogP contribution in [0.25, 0.3) is 0 Å². The van der Waals surface area contributed by atoms with Gasteiger partial charge in [-0.1, -0.05) is 18.6 Å². The molecule has 210 valence electrons. The zero-order valence-electron chi connectivity index (χ0n) is 21.5. The third-order valence-corrected chi connectivity index (χ3v) is 7.61. The van der Waals surface area contributed by atoms with Gasteiger partial charge in [0.1, 0.15) is 11.9 Å². The number of amides is 2. The molecule has 1 aliphatic rings. The van der Waals surface area contributed by atoms with Gasteiger partial charge in [-0.2, -0.15) is 0 Å². The van der Waals surface area contributed by atoms with E-state index in [4.69, 9.17) is 9.47 Å². The number of aromatic nitrogens is 1. The Balaban J connectivity index is 1.26. The lowest BCUT2D eigenvalue weighted by Crippen LogP contribution is -2.30. The smallest absolute Gasteiger partial charge is 0.431 e. The average Bonchev–Trinajstić information content (AvgIpc) is 2.94. The van der Waals surface area contributed by atoms with Gasteiger partial charge < -0.3 is 14.8 Å². The Labute approximate surface area is 231 Å². The Hall–Kier alpha value is -4.32. The van der Waals surface area contributed by atoms with Crippen molar-refractivity contribution in [1.29, 1.82) is 0 Å². The highest BCUT2D eigenvalue weighted by Crippen LogP contribution is 2.21. The van der Waals surface area contributed by atoms with Gasteiger partial charge in [-0.25, -0.2) is 27.3 Å². The molecule has 4 rings (SSSR count). The highest BCUT2D eigenvalue weighted by Gasteiger charge is 2.21. The van der Waals surface area contributed by atoms with Gasteiger partial charge >= 0.3 is 6.16 Å². The third kappa shape index (κ3) is 8.09. The molecule has 2 amide bonds. The van der Waals surface area contributed by atoms with Crippen molar-refractivity contribution in [1.82, 2.24) is 15.0 Å². The van der Waals surface area contributed by atoms with E-state index in [1.165, 1.54) is 48.5 Å². The summed E-state index contributed by atoms with van der Waals surface area (Å²) in [7, 11) is -4.18. The first-order valence-electron chi connectivity index (χ1n) is 12.7. The molecule has 0 bridgehead atoms. The van der Waals surface area contributed by atoms with Crippen LogP contribution in [0.4, 0.5) is 9.18 Å². The highest BCUT2D eigenvalue weighted by molar-refractivity contribution is 7.90. The normalized spacial score (nSPS) is 13.7. The number of hydrogen-bond donors (Lipinski definition) is 2. The summed E-state index contributed by atoms with van der Waals surface area (Å²) in [5, 5.41) is 2.71. The van der Waals surface area contributed by atoms with Gasteiger partial charge in [0.15, 0.2) is 0 Å². The summed E-state index contributed by atoms with van der Waals surface area (Å²) >= 11 is 0. The second-order valence-corrected chi connectivity index (χ2v) is 10.9. The molecule has 1 fully saturated rings. The van der Waals surface area contributed by atoms with Crippen molar-refractivity contribution in [3.63, 3.8) is 0 Å². The van der Waals surface area contributed by atoms with E-state index in [9.17, 15) is 27.2 Å². The number of benzene rings is 2. The molecule has 0 spiro atoms. The standard InChI is InChI=1S/C28H28FN3O7S/c29-22-11-8-20(9-12-22)26(33)30-17-16-19-6-13-24(14-7-19)40(36,37)32-27(34)21-10-15-25(31-18-21)39-28(35)38-23-4-2-1-3-5-23/h6-15,18,23H,1-5,16-17H2,(H,30,33)(H,32,34). The van der Waals surface area contributed by atoms with E-state index in [2.05, 4.69) is 10.3 Å². The zero-order valence-corrected chi connectivity index (χ0v) is 22.3. The van der Waals surface area contributed by atoms with Crippen LogP contribution in [-0.4, -0.2) is 44.0 Å². The summed E-state index contributed by atoms with van der Waals surface area (Å²) in [5.41, 5.74) is 1.03. The van der Waals surface area contributed by atoms with Crippen molar-refractivity contribution >= 4 is 28.0 Å². The van der Waals surface area contributed by atoms with Gasteiger partial charge in [0.25, 0.3) is 21.8 Å². The molecule has 1 heterocycles. The fraction of sp³-hybridized carbons (Fsp3) is 0.286. The molecule has 0 radical (unpaired) electrons. The summed E-state index contributed by atoms with van der Waals surface area (Å²) in [4.78, 5) is 40.3. The molecule has 2 N–H and O–H groups in total. The van der Waals surface area contributed by atoms with Gasteiger partial charge in [-0.05, 0) is 80.1 Å². The molecule has 1 aliphatic carbocycles. The van der Waals surface area contributed by atoms with Gasteiger partial charge in [-0.3, -0.25) is 9.59 Å². The van der Waals surface area contributed by atoms with Crippen LogP contribution in [0.1, 0.15) is 58.4 Å². The Morgan fingerprint density at radius 1 is 0.875 bits per heavy atom. The van der Waals surface area contributed by atoms with Crippen molar-refractivity contribution in [2.24, 2.45) is 0 Å². The minimum Gasteiger partial charge on any atom is -0.431 e. The molecule has 2 aromatic carbocycles. The second kappa shape index (κ2) is 13.2. The molecular weight excluding hydrogens is 541 g/mol. The quantitative estimate of drug-likeness (QED) is 0.366. The minimum atomic E-state index is -4.18. The fourth-order valence-corrected chi connectivity index (χ4v) is 5.08. The van der Waals surface area contributed by atoms with E-state index in [1.807, 2.05) is 4.72 Å². The van der Waals surface area contributed by atoms with Gasteiger partial charge in [0.05, 0.1) is 10.5 Å². The van der Waals surface area contributed by atoms with Crippen molar-refractivity contribution in [3.8, 4) is 5.88 Å². The number of carbonyl (C=O) groups is 3. The number of halogens is 1. The van der Waals surface area contributed by atoms with Crippen molar-refractivity contribution < 1.29 is 36.7 Å². The summed E-state index contributed by atoms with van der Waals surface area (Å²) < 4.78 is 50.7. The summed E-state index contributed by atoms with van der Waals surface area (Å²) in [6.07, 6.45) is 5.14. The molecule has 1 saturated carbocycles. The van der Waals surface area contributed by atoms with E-state index in [1.54, 1.807) is 12.1 Å². The van der Waals surface area contributed by atoms with Gasteiger partial charge in [0.2, 0.25) is 5.88 Å². The number of hydrogen-bond acceptors (Lipinski definition) is 8. The third-order valence-electron chi connectivity index (χ3n) is 6.27. The molecule has 40 heavy (non-hydrogen) atoms. The maximum Gasteiger partial charge on any atom is 0.515 e. The molecule has 0 atom stereocenters. The average molecular weight is 570 g/mol. The summed E-state index contributed by atoms with van der Waals surface area (Å²) in [6, 6.07) is 13.6. The molecule has 0 saturated heterocycles. The number of carbonyl (C=O) groups excluding carboxylic acids is 3. The van der Waals surface area contributed by atoms with Crippen LogP contribution >= 0.6 is 0 Å². The lowest BCUT2D eigenvalue weighted by Gasteiger charge is -2.20. The topological polar surface area (TPSA) is 141 Å². The summed E-state index contributed by atoms with van der Waals surface area (Å²) in [6.45, 7) is 0.282. The highest BCUT2D eigenvalue weighted by atomic mass is 32.2. The largest absolute Gasteiger partial charge is 0.515 e. The maximum absolute atomic E-state index is 13.0. The predicted molar refractivity (Wildman–Crippen MR) is 142 cm³/mol. The fourth-order valence-electron chi connectivity index (χ4n) is 4.10. The Morgan fingerprint density at radius 3 is 2.20 bits per heavy atom. The van der Waals surface area contributed by atoms with Crippen LogP contribution in [0.15, 0.2) is 71.8 Å². The number of rotatable bonds is 9. The second-order valence-electron chi connectivity index (χ2n) is 9.21. The van der Waals surface area contributed by atoms with E-state index < -0.39 is 27.9 Å². The number of nitrogens with one attached hydrogen (secondary N) is 2. The van der Waals surface area contributed by atoms with E-state index in [0.29, 0.717) is 12.0 Å². The van der Waals surface area contributed by atoms with Gasteiger partial charge in [0, 0.05) is 24.4 Å². The molecule has 0 unspecified atom stereocenters. The number of sulfonamides is 1. The Bertz CT molecular complexity index is 1440. The Morgan fingerprint density at radius 2 is 1.55 bits per heavy atom. The van der Waals surface area contributed by atoms with Crippen LogP contribution in [0.2, 0.25) is 0 Å². The summed E-state index contributed by atoms with van der Waals surface area (Å²) in [5.74, 6) is -1.77. The van der Waals surface area contributed by atoms with Crippen molar-refractivity contribution in [3.05, 3.63) is 89.4 Å². The van der Waals surface area contributed by atoms with Crippen LogP contribution in [0.5, 0.6) is 5.88 Å². The van der Waals surface area contributed by atoms with E-state index >= 15 is 0 Å². The first kappa shape index (κ1) is 28.7. The number of nitrogens with zero attached hydrogens (tertiary/aromatic N) is 1. The van der Waals surface area contributed by atoms with Crippen LogP contribution in [0, 0.1) is 5.82 Å². The number of ether oxygens (including phenoxy) is 2. The lowest BCUT2D eigenvalue weighted by atomic mass is 9.98. The van der Waals surface area contributed by atoms with Crippen molar-refractivity contribution in [2.45, 2.75) is 49.5 Å². The van der Waals surface area contributed by atoms with Crippen molar-refractivity contribution in [2.75, 3.05) is 6.54 Å². The molecule has 0 aliphatic heterocycles. The zero-order chi connectivity index (χ0) is 28.5. The lowest BCUT2D eigenvalue weighted by molar-refractivity contribution is 0.0407. The molecular formula is C28H28FN3O7S. The maximum atomic E-state index is 13.0. The molecule has 3 aromatic rings. The minimum absolute atomic E-state index is 0.0508. The monoisotopic (exact) mass is 569 g/mol. The first-order chi connectivity index (χ1) is 19.2. The molecule has 12 heteroatoms. The van der Waals surface area contributed by atoms with E-state index in [0.717, 1.165) is 43.9 Å². The molecule has 10 nitrogen and oxygen atoms in total. The number of pyridine rings is 1. The first-order valence-corrected chi connectivity index (χ1v) is 14.2. The van der Waals surface area contributed by atoms with Gasteiger partial charge in [-0.15, -0.1) is 0 Å². The van der Waals surface area contributed by atoms with Crippen LogP contribution in [0.3, 0.4) is 0 Å². The van der Waals surface area contributed by atoms with Crippen LogP contribution in [-0.2, 0) is 21.2 Å².